The highest BCUT2D eigenvalue weighted by Crippen LogP contribution is 2.21. The number of amides is 3. The van der Waals surface area contributed by atoms with Crippen LogP contribution in [0, 0.1) is 5.82 Å². The third-order valence-electron chi connectivity index (χ3n) is 5.12. The van der Waals surface area contributed by atoms with Gasteiger partial charge < -0.3 is 15.5 Å². The number of nitrogens with one attached hydrogen (secondary N) is 2. The van der Waals surface area contributed by atoms with Crippen molar-refractivity contribution in [3.63, 3.8) is 0 Å². The molecule has 2 N–H and O–H groups in total. The maximum atomic E-state index is 13.1. The standard InChI is InChI=1S/C25H27FN4O3S/c1-17(2)19-5-9-21(10-6-19)30(16-23(32)28-15-18-3-7-20(26)8-4-18)24(33)12-11-22(31)29-25-27-13-14-34-25/h3-10,13-14,17H,11-12,15-16H2,1-2H3,(H,28,32)(H,27,29,31). The number of thiazole rings is 1. The summed E-state index contributed by atoms with van der Waals surface area (Å²) in [5, 5.41) is 7.62. The highest BCUT2D eigenvalue weighted by atomic mass is 32.1. The summed E-state index contributed by atoms with van der Waals surface area (Å²) in [6, 6.07) is 13.3. The fourth-order valence-corrected chi connectivity index (χ4v) is 3.73. The van der Waals surface area contributed by atoms with E-state index in [2.05, 4.69) is 29.5 Å². The molecule has 1 aromatic heterocycles. The molecule has 0 aliphatic carbocycles. The molecule has 178 valence electrons. The second-order valence-corrected chi connectivity index (χ2v) is 8.91. The number of aromatic nitrogens is 1. The van der Waals surface area contributed by atoms with Gasteiger partial charge in [-0.2, -0.15) is 0 Å². The Kier molecular flexibility index (Phi) is 8.86. The van der Waals surface area contributed by atoms with Gasteiger partial charge in [-0.25, -0.2) is 9.37 Å². The third-order valence-corrected chi connectivity index (χ3v) is 5.81. The van der Waals surface area contributed by atoms with E-state index < -0.39 is 0 Å². The summed E-state index contributed by atoms with van der Waals surface area (Å²) in [6.45, 7) is 4.16. The molecule has 7 nitrogen and oxygen atoms in total. The smallest absolute Gasteiger partial charge is 0.240 e. The van der Waals surface area contributed by atoms with Crippen molar-refractivity contribution in [2.45, 2.75) is 39.2 Å². The highest BCUT2D eigenvalue weighted by molar-refractivity contribution is 7.13. The second-order valence-electron chi connectivity index (χ2n) is 8.01. The molecule has 3 aromatic rings. The van der Waals surface area contributed by atoms with E-state index in [1.807, 2.05) is 12.1 Å². The molecule has 2 aromatic carbocycles. The van der Waals surface area contributed by atoms with Crippen molar-refractivity contribution in [1.29, 1.82) is 0 Å². The van der Waals surface area contributed by atoms with Crippen LogP contribution in [0.5, 0.6) is 0 Å². The summed E-state index contributed by atoms with van der Waals surface area (Å²) in [5.41, 5.74) is 2.43. The zero-order chi connectivity index (χ0) is 24.5. The molecule has 0 spiro atoms. The number of carbonyl (C=O) groups is 3. The molecule has 0 saturated carbocycles. The molecule has 9 heteroatoms. The predicted molar refractivity (Wildman–Crippen MR) is 131 cm³/mol. The first-order valence-electron chi connectivity index (χ1n) is 10.9. The summed E-state index contributed by atoms with van der Waals surface area (Å²) in [7, 11) is 0. The van der Waals surface area contributed by atoms with Crippen LogP contribution in [0.15, 0.2) is 60.1 Å². The topological polar surface area (TPSA) is 91.4 Å². The van der Waals surface area contributed by atoms with Gasteiger partial charge in [0.25, 0.3) is 0 Å². The van der Waals surface area contributed by atoms with Crippen LogP contribution in [-0.2, 0) is 20.9 Å². The Bertz CT molecular complexity index is 1100. The first-order valence-corrected chi connectivity index (χ1v) is 11.8. The average molecular weight is 483 g/mol. The molecule has 0 aliphatic rings. The number of nitrogens with zero attached hydrogens (tertiary/aromatic N) is 2. The molecule has 0 saturated heterocycles. The zero-order valence-electron chi connectivity index (χ0n) is 19.1. The van der Waals surface area contributed by atoms with Gasteiger partial charge >= 0.3 is 0 Å². The van der Waals surface area contributed by atoms with Crippen LogP contribution in [-0.4, -0.2) is 29.3 Å². The van der Waals surface area contributed by atoms with Crippen molar-refractivity contribution in [1.82, 2.24) is 10.3 Å². The van der Waals surface area contributed by atoms with Crippen LogP contribution in [0.2, 0.25) is 0 Å². The Morgan fingerprint density at radius 2 is 1.71 bits per heavy atom. The van der Waals surface area contributed by atoms with Crippen LogP contribution in [0.1, 0.15) is 43.7 Å². The Labute approximate surface area is 202 Å². The molecule has 34 heavy (non-hydrogen) atoms. The largest absolute Gasteiger partial charge is 0.350 e. The van der Waals surface area contributed by atoms with Crippen LogP contribution >= 0.6 is 11.3 Å². The molecular formula is C25H27FN4O3S. The Morgan fingerprint density at radius 1 is 1.00 bits per heavy atom. The Hall–Kier alpha value is -3.59. The normalized spacial score (nSPS) is 10.7. The maximum absolute atomic E-state index is 13.1. The van der Waals surface area contributed by atoms with Crippen LogP contribution in [0.3, 0.4) is 0 Å². The predicted octanol–water partition coefficient (Wildman–Crippen LogP) is 4.47. The third kappa shape index (κ3) is 7.48. The van der Waals surface area contributed by atoms with E-state index in [-0.39, 0.29) is 49.5 Å². The lowest BCUT2D eigenvalue weighted by Gasteiger charge is -2.23. The van der Waals surface area contributed by atoms with E-state index in [9.17, 15) is 18.8 Å². The van der Waals surface area contributed by atoms with E-state index in [1.54, 1.807) is 35.8 Å². The lowest BCUT2D eigenvalue weighted by Crippen LogP contribution is -2.41. The number of benzene rings is 2. The molecule has 1 heterocycles. The minimum absolute atomic E-state index is 0.0316. The van der Waals surface area contributed by atoms with Gasteiger partial charge in [0.05, 0.1) is 0 Å². The molecular weight excluding hydrogens is 455 g/mol. The number of carbonyl (C=O) groups excluding carboxylic acids is 3. The highest BCUT2D eigenvalue weighted by Gasteiger charge is 2.20. The Morgan fingerprint density at radius 3 is 2.32 bits per heavy atom. The molecule has 0 aliphatic heterocycles. The number of hydrogen-bond acceptors (Lipinski definition) is 5. The fourth-order valence-electron chi connectivity index (χ4n) is 3.19. The van der Waals surface area contributed by atoms with E-state index in [4.69, 9.17) is 0 Å². The van der Waals surface area contributed by atoms with Crippen molar-refractivity contribution >= 4 is 39.9 Å². The molecule has 0 atom stereocenters. The summed E-state index contributed by atoms with van der Waals surface area (Å²) >= 11 is 1.29. The van der Waals surface area contributed by atoms with E-state index >= 15 is 0 Å². The zero-order valence-corrected chi connectivity index (χ0v) is 19.9. The molecule has 3 amide bonds. The van der Waals surface area contributed by atoms with Crippen LogP contribution in [0.25, 0.3) is 0 Å². The maximum Gasteiger partial charge on any atom is 0.240 e. The molecule has 3 rings (SSSR count). The van der Waals surface area contributed by atoms with Gasteiger partial charge in [-0.3, -0.25) is 14.4 Å². The van der Waals surface area contributed by atoms with Crippen LogP contribution < -0.4 is 15.5 Å². The van der Waals surface area contributed by atoms with Crippen LogP contribution in [0.4, 0.5) is 15.2 Å². The van der Waals surface area contributed by atoms with Gasteiger partial charge in [0, 0.05) is 36.7 Å². The van der Waals surface area contributed by atoms with Gasteiger partial charge in [0.2, 0.25) is 17.7 Å². The van der Waals surface area contributed by atoms with Crippen molar-refractivity contribution < 1.29 is 18.8 Å². The van der Waals surface area contributed by atoms with Crippen molar-refractivity contribution in [3.8, 4) is 0 Å². The molecule has 0 fully saturated rings. The molecule has 0 unspecified atom stereocenters. The minimum Gasteiger partial charge on any atom is -0.350 e. The van der Waals surface area contributed by atoms with Crippen molar-refractivity contribution in [3.05, 3.63) is 77.1 Å². The Balaban J connectivity index is 1.65. The van der Waals surface area contributed by atoms with E-state index in [0.29, 0.717) is 16.7 Å². The summed E-state index contributed by atoms with van der Waals surface area (Å²) in [6.07, 6.45) is 1.49. The fraction of sp³-hybridized carbons (Fsp3) is 0.280. The number of rotatable bonds is 10. The van der Waals surface area contributed by atoms with E-state index in [0.717, 1.165) is 11.1 Å². The summed E-state index contributed by atoms with van der Waals surface area (Å²) < 4.78 is 13.1. The quantitative estimate of drug-likeness (QED) is 0.446. The number of halogens is 1. The lowest BCUT2D eigenvalue weighted by atomic mass is 10.0. The summed E-state index contributed by atoms with van der Waals surface area (Å²) in [5.74, 6) is -1.05. The first-order chi connectivity index (χ1) is 16.3. The van der Waals surface area contributed by atoms with Gasteiger partial charge in [-0.05, 0) is 41.3 Å². The number of hydrogen-bond donors (Lipinski definition) is 2. The molecule has 0 bridgehead atoms. The van der Waals surface area contributed by atoms with Gasteiger partial charge in [-0.1, -0.05) is 38.1 Å². The minimum atomic E-state index is -0.363. The van der Waals surface area contributed by atoms with Crippen molar-refractivity contribution in [2.75, 3.05) is 16.8 Å². The molecule has 0 radical (unpaired) electrons. The van der Waals surface area contributed by atoms with Gasteiger partial charge in [0.15, 0.2) is 5.13 Å². The monoisotopic (exact) mass is 482 g/mol. The van der Waals surface area contributed by atoms with Gasteiger partial charge in [-0.15, -0.1) is 11.3 Å². The average Bonchev–Trinajstić information content (AvgIpc) is 3.33. The number of anilines is 2. The second kappa shape index (κ2) is 12.0. The summed E-state index contributed by atoms with van der Waals surface area (Å²) in [4.78, 5) is 43.2. The SMILES string of the molecule is CC(C)c1ccc(N(CC(=O)NCc2ccc(F)cc2)C(=O)CCC(=O)Nc2nccs2)cc1. The lowest BCUT2D eigenvalue weighted by molar-refractivity contribution is -0.125. The van der Waals surface area contributed by atoms with E-state index in [1.165, 1.54) is 28.4 Å². The first kappa shape index (κ1) is 25.0. The van der Waals surface area contributed by atoms with Gasteiger partial charge in [0.1, 0.15) is 12.4 Å². The van der Waals surface area contributed by atoms with Crippen molar-refractivity contribution in [2.24, 2.45) is 0 Å².